The van der Waals surface area contributed by atoms with Crippen LogP contribution in [-0.2, 0) is 22.3 Å². The molecule has 0 spiro atoms. The number of allylic oxidation sites excluding steroid dienone is 2. The van der Waals surface area contributed by atoms with Gasteiger partial charge >= 0.3 is 8.17 Å². The fraction of sp³-hybridized carbons (Fsp3) is 0.559. The molecule has 7 nitrogen and oxygen atoms in total. The number of nitrogens with one attached hydrogen (secondary N) is 1. The number of hydrogen-bond acceptors (Lipinski definition) is 6. The number of benzene rings is 2. The molecule has 0 aromatic heterocycles. The van der Waals surface area contributed by atoms with Crippen LogP contribution >= 0.6 is 8.17 Å². The molecule has 234 valence electrons. The molecule has 0 unspecified atom stereocenters. The van der Waals surface area contributed by atoms with E-state index in [0.29, 0.717) is 19.4 Å². The van der Waals surface area contributed by atoms with Gasteiger partial charge in [-0.05, 0) is 61.8 Å². The lowest BCUT2D eigenvalue weighted by atomic mass is 10.1. The molecule has 1 amide bonds. The number of amides is 1. The van der Waals surface area contributed by atoms with Crippen LogP contribution < -0.4 is 10.1 Å². The van der Waals surface area contributed by atoms with Crippen LogP contribution in [0, 0.1) is 0 Å². The van der Waals surface area contributed by atoms with E-state index in [-0.39, 0.29) is 12.5 Å². The minimum absolute atomic E-state index is 0.109. The molecule has 1 atom stereocenters. The SMILES string of the molecule is CCCCCCCC/C=C\CCCCCCCC(=O)N[C@@H](CO[P+](O)(O)O)Cc1ccc(OCc2ccccc2)cc1. The first-order valence-electron chi connectivity index (χ1n) is 15.8. The predicted molar refractivity (Wildman–Crippen MR) is 172 cm³/mol. The van der Waals surface area contributed by atoms with E-state index < -0.39 is 14.2 Å². The molecule has 2 rings (SSSR count). The Kier molecular flexibility index (Phi) is 19.1. The lowest BCUT2D eigenvalue weighted by Crippen LogP contribution is -2.39. The van der Waals surface area contributed by atoms with E-state index in [2.05, 4.69) is 24.4 Å². The van der Waals surface area contributed by atoms with Crippen molar-refractivity contribution in [1.82, 2.24) is 5.32 Å². The summed E-state index contributed by atoms with van der Waals surface area (Å²) in [6.45, 7) is 2.51. The number of ether oxygens (including phenoxy) is 1. The quantitative estimate of drug-likeness (QED) is 0.0551. The van der Waals surface area contributed by atoms with Crippen molar-refractivity contribution in [2.75, 3.05) is 6.61 Å². The van der Waals surface area contributed by atoms with E-state index in [0.717, 1.165) is 42.6 Å². The Morgan fingerprint density at radius 3 is 2.00 bits per heavy atom. The van der Waals surface area contributed by atoms with E-state index in [1.54, 1.807) is 0 Å². The predicted octanol–water partition coefficient (Wildman–Crippen LogP) is 8.00. The Hall–Kier alpha value is -2.28. The van der Waals surface area contributed by atoms with Gasteiger partial charge in [-0.25, -0.2) is 0 Å². The summed E-state index contributed by atoms with van der Waals surface area (Å²) >= 11 is 0. The zero-order chi connectivity index (χ0) is 30.3. The van der Waals surface area contributed by atoms with Crippen LogP contribution in [0.5, 0.6) is 5.75 Å². The molecule has 0 aliphatic carbocycles. The molecule has 0 saturated heterocycles. The average molecular weight is 603 g/mol. The van der Waals surface area contributed by atoms with Gasteiger partial charge in [0.05, 0.1) is 6.04 Å². The summed E-state index contributed by atoms with van der Waals surface area (Å²) in [6, 6.07) is 16.9. The van der Waals surface area contributed by atoms with Crippen LogP contribution in [0.25, 0.3) is 0 Å². The van der Waals surface area contributed by atoms with Crippen LogP contribution in [0.3, 0.4) is 0 Å². The third-order valence-corrected chi connectivity index (χ3v) is 7.63. The van der Waals surface area contributed by atoms with Crippen molar-refractivity contribution in [1.29, 1.82) is 0 Å². The van der Waals surface area contributed by atoms with Crippen LogP contribution in [0.15, 0.2) is 66.7 Å². The maximum Gasteiger partial charge on any atom is 0.567 e. The second kappa shape index (κ2) is 22.3. The van der Waals surface area contributed by atoms with Crippen molar-refractivity contribution in [3.63, 3.8) is 0 Å². The van der Waals surface area contributed by atoms with Gasteiger partial charge in [0.1, 0.15) is 19.0 Å². The van der Waals surface area contributed by atoms with Gasteiger partial charge < -0.3 is 10.1 Å². The summed E-state index contributed by atoms with van der Waals surface area (Å²) in [5.74, 6) is 0.622. The molecule has 4 N–H and O–H groups in total. The first-order valence-corrected chi connectivity index (χ1v) is 17.3. The summed E-state index contributed by atoms with van der Waals surface area (Å²) < 4.78 is 10.7. The largest absolute Gasteiger partial charge is 0.567 e. The smallest absolute Gasteiger partial charge is 0.489 e. The molecular weight excluding hydrogens is 549 g/mol. The zero-order valence-electron chi connectivity index (χ0n) is 25.5. The molecule has 0 radical (unpaired) electrons. The van der Waals surface area contributed by atoms with Crippen LogP contribution in [0.1, 0.15) is 108 Å². The van der Waals surface area contributed by atoms with E-state index in [4.69, 9.17) is 9.26 Å². The summed E-state index contributed by atoms with van der Waals surface area (Å²) in [5.41, 5.74) is 2.01. The van der Waals surface area contributed by atoms with Gasteiger partial charge in [0.25, 0.3) is 0 Å². The maximum absolute atomic E-state index is 12.6. The highest BCUT2D eigenvalue weighted by Crippen LogP contribution is 2.45. The maximum atomic E-state index is 12.6. The molecular formula is C34H53NO6P+. The van der Waals surface area contributed by atoms with Crippen molar-refractivity contribution < 1.29 is 28.7 Å². The fourth-order valence-electron chi connectivity index (χ4n) is 4.74. The Labute approximate surface area is 254 Å². The van der Waals surface area contributed by atoms with Crippen LogP contribution in [-0.4, -0.2) is 33.2 Å². The Morgan fingerprint density at radius 1 is 0.786 bits per heavy atom. The summed E-state index contributed by atoms with van der Waals surface area (Å²) in [5, 5.41) is 2.93. The van der Waals surface area contributed by atoms with Crippen molar-refractivity contribution in [2.24, 2.45) is 0 Å². The number of unbranched alkanes of at least 4 members (excludes halogenated alkanes) is 11. The summed E-state index contributed by atoms with van der Waals surface area (Å²) in [6.07, 6.45) is 21.1. The van der Waals surface area contributed by atoms with Crippen molar-refractivity contribution >= 4 is 14.1 Å². The van der Waals surface area contributed by atoms with Gasteiger partial charge in [-0.15, -0.1) is 0 Å². The highest BCUT2D eigenvalue weighted by molar-refractivity contribution is 7.53. The van der Waals surface area contributed by atoms with E-state index >= 15 is 0 Å². The first kappa shape index (κ1) is 35.9. The van der Waals surface area contributed by atoms with Crippen molar-refractivity contribution in [3.8, 4) is 5.75 Å². The minimum atomic E-state index is -4.39. The third-order valence-electron chi connectivity index (χ3n) is 7.13. The number of rotatable bonds is 24. The highest BCUT2D eigenvalue weighted by Gasteiger charge is 2.34. The van der Waals surface area contributed by atoms with Gasteiger partial charge in [0, 0.05) is 6.42 Å². The van der Waals surface area contributed by atoms with Crippen LogP contribution in [0.2, 0.25) is 0 Å². The van der Waals surface area contributed by atoms with Gasteiger partial charge in [-0.3, -0.25) is 4.79 Å². The van der Waals surface area contributed by atoms with Gasteiger partial charge in [-0.2, -0.15) is 19.2 Å². The Morgan fingerprint density at radius 2 is 1.38 bits per heavy atom. The first-order chi connectivity index (χ1) is 20.4. The highest BCUT2D eigenvalue weighted by atomic mass is 31.2. The van der Waals surface area contributed by atoms with E-state index in [1.165, 1.54) is 57.8 Å². The normalized spacial score (nSPS) is 12.5. The molecule has 42 heavy (non-hydrogen) atoms. The number of carbonyl (C=O) groups is 1. The van der Waals surface area contributed by atoms with Gasteiger partial charge in [0.2, 0.25) is 5.91 Å². The van der Waals surface area contributed by atoms with E-state index in [9.17, 15) is 19.5 Å². The molecule has 2 aromatic rings. The molecule has 0 aliphatic rings. The van der Waals surface area contributed by atoms with Crippen LogP contribution in [0.4, 0.5) is 0 Å². The number of hydrogen-bond donors (Lipinski definition) is 4. The molecule has 8 heteroatoms. The molecule has 0 aliphatic heterocycles. The number of carbonyl (C=O) groups excluding carboxylic acids is 1. The Bertz CT molecular complexity index is 978. The molecule has 0 fully saturated rings. The second-order valence-electron chi connectivity index (χ2n) is 11.0. The zero-order valence-corrected chi connectivity index (χ0v) is 26.4. The average Bonchev–Trinajstić information content (AvgIpc) is 2.97. The standard InChI is InChI=1S/C34H52NO6P/c1-2-3-4-5-6-7-8-9-10-11-12-13-14-15-19-22-34(36)35-32(29-41-42(37,38)39)27-30-23-25-33(26-24-30)40-28-31-20-17-16-18-21-31/h9-10,16-18,20-21,23-26,32,37-39H,2-8,11-15,19,22,27-29H2,1H3/p+1/b10-9-/t32-/m1/s1. The van der Waals surface area contributed by atoms with Gasteiger partial charge in [0.15, 0.2) is 0 Å². The van der Waals surface area contributed by atoms with Crippen molar-refractivity contribution in [3.05, 3.63) is 77.9 Å². The molecule has 0 saturated carbocycles. The molecule has 2 aromatic carbocycles. The monoisotopic (exact) mass is 602 g/mol. The minimum Gasteiger partial charge on any atom is -0.489 e. The third kappa shape index (κ3) is 19.0. The fourth-order valence-corrected chi connectivity index (χ4v) is 5.12. The molecule has 0 heterocycles. The lowest BCUT2D eigenvalue weighted by Gasteiger charge is -2.18. The van der Waals surface area contributed by atoms with Gasteiger partial charge in [-0.1, -0.05) is 113 Å². The molecule has 0 bridgehead atoms. The Balaban J connectivity index is 1.63. The summed E-state index contributed by atoms with van der Waals surface area (Å²) in [4.78, 5) is 40.4. The lowest BCUT2D eigenvalue weighted by molar-refractivity contribution is -0.122. The van der Waals surface area contributed by atoms with E-state index in [1.807, 2.05) is 54.6 Å². The second-order valence-corrected chi connectivity index (χ2v) is 12.3. The van der Waals surface area contributed by atoms with Crippen molar-refractivity contribution in [2.45, 2.75) is 116 Å². The topological polar surface area (TPSA) is 108 Å². The summed E-state index contributed by atoms with van der Waals surface area (Å²) in [7, 11) is -4.39.